The molecule has 0 bridgehead atoms. The maximum absolute atomic E-state index is 13.0. The van der Waals surface area contributed by atoms with E-state index in [1.165, 1.54) is 16.7 Å². The van der Waals surface area contributed by atoms with Crippen molar-refractivity contribution in [2.45, 2.75) is 19.8 Å². The average molecular weight is 385 g/mol. The highest BCUT2D eigenvalue weighted by molar-refractivity contribution is 5.96. The maximum Gasteiger partial charge on any atom is 0.289 e. The highest BCUT2D eigenvalue weighted by Crippen LogP contribution is 2.33. The van der Waals surface area contributed by atoms with Crippen LogP contribution in [-0.2, 0) is 0 Å². The van der Waals surface area contributed by atoms with Crippen LogP contribution >= 0.6 is 12.4 Å². The number of furan rings is 1. The van der Waals surface area contributed by atoms with E-state index < -0.39 is 0 Å². The molecule has 1 saturated heterocycles. The molecule has 2 heterocycles. The lowest BCUT2D eigenvalue weighted by Gasteiger charge is -2.16. The molecule has 0 radical (unpaired) electrons. The van der Waals surface area contributed by atoms with Gasteiger partial charge in [-0.15, -0.1) is 12.4 Å². The molecule has 0 aliphatic carbocycles. The van der Waals surface area contributed by atoms with Crippen LogP contribution in [0, 0.1) is 19.8 Å². The number of aryl methyl sites for hydroxylation is 2. The topological polar surface area (TPSA) is 59.5 Å². The summed E-state index contributed by atoms with van der Waals surface area (Å²) < 4.78 is 5.87. The van der Waals surface area contributed by atoms with E-state index in [1.54, 1.807) is 0 Å². The summed E-state index contributed by atoms with van der Waals surface area (Å²) in [5.41, 5.74) is 10.4. The van der Waals surface area contributed by atoms with Crippen molar-refractivity contribution in [1.82, 2.24) is 4.90 Å². The lowest BCUT2D eigenvalue weighted by Crippen LogP contribution is -2.29. The van der Waals surface area contributed by atoms with Crippen LogP contribution in [0.25, 0.3) is 11.0 Å². The van der Waals surface area contributed by atoms with E-state index in [-0.39, 0.29) is 30.2 Å². The first-order valence-corrected chi connectivity index (χ1v) is 9.12. The van der Waals surface area contributed by atoms with Gasteiger partial charge in [0.25, 0.3) is 5.91 Å². The first-order valence-electron chi connectivity index (χ1n) is 9.12. The van der Waals surface area contributed by atoms with E-state index in [2.05, 4.69) is 32.0 Å². The van der Waals surface area contributed by atoms with Gasteiger partial charge >= 0.3 is 0 Å². The molecule has 0 unspecified atom stereocenters. The van der Waals surface area contributed by atoms with Gasteiger partial charge < -0.3 is 15.1 Å². The van der Waals surface area contributed by atoms with Gasteiger partial charge in [0, 0.05) is 24.4 Å². The molecule has 2 atom stereocenters. The molecule has 0 saturated carbocycles. The SMILES string of the molecule is Cc1cc2cc(C(=O)N3C[C@@H](CN)[C@H](c4ccccc4)C3)oc2cc1C.Cl. The monoisotopic (exact) mass is 384 g/mol. The van der Waals surface area contributed by atoms with Crippen molar-refractivity contribution in [3.05, 3.63) is 71.0 Å². The Labute approximate surface area is 165 Å². The van der Waals surface area contributed by atoms with Crippen LogP contribution in [-0.4, -0.2) is 30.4 Å². The van der Waals surface area contributed by atoms with Gasteiger partial charge in [0.1, 0.15) is 5.58 Å². The smallest absolute Gasteiger partial charge is 0.289 e. The van der Waals surface area contributed by atoms with Crippen LogP contribution in [0.1, 0.15) is 33.2 Å². The van der Waals surface area contributed by atoms with Gasteiger partial charge in [-0.2, -0.15) is 0 Å². The molecule has 1 aromatic heterocycles. The van der Waals surface area contributed by atoms with E-state index in [1.807, 2.05) is 35.2 Å². The van der Waals surface area contributed by atoms with E-state index in [9.17, 15) is 4.79 Å². The third-order valence-electron chi connectivity index (χ3n) is 5.60. The Hall–Kier alpha value is -2.30. The van der Waals surface area contributed by atoms with Gasteiger partial charge in [-0.05, 0) is 61.2 Å². The van der Waals surface area contributed by atoms with Crippen molar-refractivity contribution >= 4 is 29.3 Å². The minimum Gasteiger partial charge on any atom is -0.451 e. The molecule has 4 nitrogen and oxygen atoms in total. The second-order valence-electron chi connectivity index (χ2n) is 7.31. The normalized spacial score (nSPS) is 19.3. The third-order valence-corrected chi connectivity index (χ3v) is 5.60. The molecule has 2 aromatic carbocycles. The van der Waals surface area contributed by atoms with Crippen LogP contribution in [0.5, 0.6) is 0 Å². The summed E-state index contributed by atoms with van der Waals surface area (Å²) in [7, 11) is 0. The minimum atomic E-state index is -0.0478. The number of halogens is 1. The van der Waals surface area contributed by atoms with Crippen LogP contribution in [0.2, 0.25) is 0 Å². The average Bonchev–Trinajstić information content (AvgIpc) is 3.26. The number of hydrogen-bond donors (Lipinski definition) is 1. The molecule has 2 N–H and O–H groups in total. The summed E-state index contributed by atoms with van der Waals surface area (Å²) in [6.45, 7) is 6.04. The number of hydrogen-bond acceptors (Lipinski definition) is 3. The largest absolute Gasteiger partial charge is 0.451 e. The maximum atomic E-state index is 13.0. The number of amides is 1. The van der Waals surface area contributed by atoms with Crippen molar-refractivity contribution in [2.75, 3.05) is 19.6 Å². The van der Waals surface area contributed by atoms with Gasteiger partial charge in [0.15, 0.2) is 5.76 Å². The number of carbonyl (C=O) groups is 1. The predicted molar refractivity (Wildman–Crippen MR) is 111 cm³/mol. The summed E-state index contributed by atoms with van der Waals surface area (Å²) in [5.74, 6) is 0.914. The van der Waals surface area contributed by atoms with Gasteiger partial charge in [0.05, 0.1) is 0 Å². The lowest BCUT2D eigenvalue weighted by molar-refractivity contribution is 0.0757. The number of likely N-dealkylation sites (tertiary alicyclic amines) is 1. The Bertz CT molecular complexity index is 913. The predicted octanol–water partition coefficient (Wildman–Crippen LogP) is 4.29. The molecule has 5 heteroatoms. The van der Waals surface area contributed by atoms with Gasteiger partial charge in [-0.25, -0.2) is 0 Å². The number of rotatable bonds is 3. The van der Waals surface area contributed by atoms with E-state index in [0.717, 1.165) is 11.0 Å². The van der Waals surface area contributed by atoms with Crippen LogP contribution in [0.3, 0.4) is 0 Å². The molecular weight excluding hydrogens is 360 g/mol. The summed E-state index contributed by atoms with van der Waals surface area (Å²) in [4.78, 5) is 14.9. The molecule has 1 aliphatic heterocycles. The van der Waals surface area contributed by atoms with Crippen molar-refractivity contribution < 1.29 is 9.21 Å². The fourth-order valence-electron chi connectivity index (χ4n) is 3.92. The third kappa shape index (κ3) is 3.60. The Morgan fingerprint density at radius 3 is 2.52 bits per heavy atom. The number of nitrogens with zero attached hydrogens (tertiary/aromatic N) is 1. The van der Waals surface area contributed by atoms with Crippen LogP contribution < -0.4 is 5.73 Å². The number of fused-ring (bicyclic) bond motifs is 1. The molecule has 0 spiro atoms. The van der Waals surface area contributed by atoms with E-state index in [4.69, 9.17) is 10.2 Å². The molecule has 27 heavy (non-hydrogen) atoms. The zero-order valence-corrected chi connectivity index (χ0v) is 16.5. The summed E-state index contributed by atoms with van der Waals surface area (Å²) in [6.07, 6.45) is 0. The van der Waals surface area contributed by atoms with E-state index in [0.29, 0.717) is 25.4 Å². The number of benzene rings is 2. The molecule has 1 amide bonds. The Morgan fingerprint density at radius 1 is 1.11 bits per heavy atom. The Balaban J connectivity index is 0.00000210. The fraction of sp³-hybridized carbons (Fsp3) is 0.318. The lowest BCUT2D eigenvalue weighted by atomic mass is 9.89. The first-order chi connectivity index (χ1) is 12.6. The summed E-state index contributed by atoms with van der Waals surface area (Å²) in [6, 6.07) is 16.3. The molecule has 142 valence electrons. The Morgan fingerprint density at radius 2 is 1.81 bits per heavy atom. The van der Waals surface area contributed by atoms with Crippen molar-refractivity contribution in [3.63, 3.8) is 0 Å². The fourth-order valence-corrected chi connectivity index (χ4v) is 3.92. The zero-order valence-electron chi connectivity index (χ0n) is 15.6. The summed E-state index contributed by atoms with van der Waals surface area (Å²) in [5, 5.41) is 0.977. The van der Waals surface area contributed by atoms with Gasteiger partial charge in [-0.1, -0.05) is 30.3 Å². The minimum absolute atomic E-state index is 0. The van der Waals surface area contributed by atoms with Gasteiger partial charge in [0.2, 0.25) is 0 Å². The second kappa shape index (κ2) is 7.75. The Kier molecular flexibility index (Phi) is 5.59. The molecule has 3 aromatic rings. The zero-order chi connectivity index (χ0) is 18.3. The molecule has 1 aliphatic rings. The quantitative estimate of drug-likeness (QED) is 0.732. The number of nitrogens with two attached hydrogens (primary N) is 1. The van der Waals surface area contributed by atoms with Crippen molar-refractivity contribution in [1.29, 1.82) is 0 Å². The van der Waals surface area contributed by atoms with Crippen LogP contribution in [0.15, 0.2) is 52.9 Å². The van der Waals surface area contributed by atoms with Crippen molar-refractivity contribution in [3.8, 4) is 0 Å². The van der Waals surface area contributed by atoms with Crippen LogP contribution in [0.4, 0.5) is 0 Å². The highest BCUT2D eigenvalue weighted by Gasteiger charge is 2.36. The van der Waals surface area contributed by atoms with E-state index >= 15 is 0 Å². The summed E-state index contributed by atoms with van der Waals surface area (Å²) >= 11 is 0. The number of carbonyl (C=O) groups excluding carboxylic acids is 1. The first kappa shape index (κ1) is 19.5. The molecular formula is C22H25ClN2O2. The molecule has 4 rings (SSSR count). The standard InChI is InChI=1S/C22H24N2O2.ClH/c1-14-8-17-10-21(26-20(17)9-15(14)2)22(25)24-12-18(11-23)19(13-24)16-6-4-3-5-7-16;/h3-10,18-19H,11-13,23H2,1-2H3;1H/t18-,19+;/m1./s1. The highest BCUT2D eigenvalue weighted by atomic mass is 35.5. The second-order valence-corrected chi connectivity index (χ2v) is 7.31. The van der Waals surface area contributed by atoms with Crippen molar-refractivity contribution in [2.24, 2.45) is 11.7 Å². The van der Waals surface area contributed by atoms with Gasteiger partial charge in [-0.3, -0.25) is 4.79 Å². The molecule has 1 fully saturated rings.